The lowest BCUT2D eigenvalue weighted by molar-refractivity contribution is -0.0979. The molecule has 3 aromatic rings. The van der Waals surface area contributed by atoms with Crippen LogP contribution in [0.1, 0.15) is 18.9 Å². The van der Waals surface area contributed by atoms with Crippen molar-refractivity contribution in [2.75, 3.05) is 6.61 Å². The molecule has 3 rings (SSSR count). The van der Waals surface area contributed by atoms with Crippen molar-refractivity contribution in [1.82, 2.24) is 0 Å². The third-order valence-corrected chi connectivity index (χ3v) is 3.88. The smallest absolute Gasteiger partial charge is 0.154 e. The van der Waals surface area contributed by atoms with Crippen LogP contribution in [0.15, 0.2) is 54.6 Å². The molecule has 21 heavy (non-hydrogen) atoms. The monoisotopic (exact) mass is 280 g/mol. The van der Waals surface area contributed by atoms with Crippen LogP contribution in [0.3, 0.4) is 0 Å². The lowest BCUT2D eigenvalue weighted by Gasteiger charge is -2.14. The molecule has 3 aromatic carbocycles. The first-order chi connectivity index (χ1) is 10.3. The van der Waals surface area contributed by atoms with Crippen LogP contribution in [-0.2, 0) is 11.2 Å². The van der Waals surface area contributed by atoms with Crippen molar-refractivity contribution in [3.8, 4) is 0 Å². The minimum absolute atomic E-state index is 0.539. The molecule has 2 heteroatoms. The van der Waals surface area contributed by atoms with E-state index in [0.717, 1.165) is 6.42 Å². The van der Waals surface area contributed by atoms with Gasteiger partial charge in [-0.2, -0.15) is 0 Å². The van der Waals surface area contributed by atoms with E-state index in [1.54, 1.807) is 0 Å². The van der Waals surface area contributed by atoms with Crippen molar-refractivity contribution >= 4 is 21.5 Å². The maximum atomic E-state index is 9.83. The summed E-state index contributed by atoms with van der Waals surface area (Å²) in [6.07, 6.45) is 0.738. The predicted molar refractivity (Wildman–Crippen MR) is 87.4 cm³/mol. The minimum Gasteiger partial charge on any atom is -0.368 e. The SMILES string of the molecule is CCOC(O)CCc1c2ccccc2cc2ccccc12. The van der Waals surface area contributed by atoms with E-state index < -0.39 is 6.29 Å². The van der Waals surface area contributed by atoms with Crippen LogP contribution in [0, 0.1) is 0 Å². The predicted octanol–water partition coefficient (Wildman–Crippen LogP) is 4.28. The van der Waals surface area contributed by atoms with Crippen LogP contribution < -0.4 is 0 Å². The van der Waals surface area contributed by atoms with E-state index in [2.05, 4.69) is 54.6 Å². The lowest BCUT2D eigenvalue weighted by Crippen LogP contribution is -2.12. The number of hydrogen-bond acceptors (Lipinski definition) is 2. The first-order valence-electron chi connectivity index (χ1n) is 7.48. The number of benzene rings is 3. The molecule has 0 saturated heterocycles. The Morgan fingerprint density at radius 3 is 2.10 bits per heavy atom. The first kappa shape index (κ1) is 14.1. The summed E-state index contributed by atoms with van der Waals surface area (Å²) in [4.78, 5) is 0. The topological polar surface area (TPSA) is 29.5 Å². The highest BCUT2D eigenvalue weighted by Crippen LogP contribution is 2.29. The van der Waals surface area contributed by atoms with Crippen molar-refractivity contribution in [3.63, 3.8) is 0 Å². The van der Waals surface area contributed by atoms with Crippen molar-refractivity contribution in [1.29, 1.82) is 0 Å². The fraction of sp³-hybridized carbons (Fsp3) is 0.263. The van der Waals surface area contributed by atoms with Crippen LogP contribution in [0.4, 0.5) is 0 Å². The van der Waals surface area contributed by atoms with Crippen molar-refractivity contribution in [2.45, 2.75) is 26.1 Å². The number of aryl methyl sites for hydroxylation is 1. The maximum absolute atomic E-state index is 9.83. The molecule has 0 spiro atoms. The van der Waals surface area contributed by atoms with Gasteiger partial charge >= 0.3 is 0 Å². The number of rotatable bonds is 5. The molecule has 0 radical (unpaired) electrons. The molecule has 0 heterocycles. The first-order valence-corrected chi connectivity index (χ1v) is 7.48. The van der Waals surface area contributed by atoms with Gasteiger partial charge in [-0.1, -0.05) is 48.5 Å². The Hall–Kier alpha value is -1.90. The summed E-state index contributed by atoms with van der Waals surface area (Å²) in [6.45, 7) is 2.44. The van der Waals surface area contributed by atoms with E-state index >= 15 is 0 Å². The van der Waals surface area contributed by atoms with Crippen molar-refractivity contribution in [2.24, 2.45) is 0 Å². The maximum Gasteiger partial charge on any atom is 0.154 e. The molecular formula is C19H20O2. The second-order valence-corrected chi connectivity index (χ2v) is 5.25. The molecule has 108 valence electrons. The molecule has 0 bridgehead atoms. The number of aliphatic hydroxyl groups excluding tert-OH is 1. The Morgan fingerprint density at radius 2 is 1.52 bits per heavy atom. The molecule has 0 amide bonds. The van der Waals surface area contributed by atoms with Gasteiger partial charge in [0.15, 0.2) is 6.29 Å². The average molecular weight is 280 g/mol. The van der Waals surface area contributed by atoms with Gasteiger partial charge in [0.2, 0.25) is 0 Å². The number of ether oxygens (including phenoxy) is 1. The third-order valence-electron chi connectivity index (χ3n) is 3.88. The summed E-state index contributed by atoms with van der Waals surface area (Å²) in [6, 6.07) is 19.1. The average Bonchev–Trinajstić information content (AvgIpc) is 2.51. The van der Waals surface area contributed by atoms with Gasteiger partial charge < -0.3 is 9.84 Å². The Balaban J connectivity index is 2.07. The standard InChI is InChI=1S/C19H20O2/c1-2-21-19(20)12-11-18-16-9-5-3-7-14(16)13-15-8-4-6-10-17(15)18/h3-10,13,19-20H,2,11-12H2,1H3. The number of fused-ring (bicyclic) bond motifs is 2. The zero-order valence-electron chi connectivity index (χ0n) is 12.3. The largest absolute Gasteiger partial charge is 0.368 e. The summed E-state index contributed by atoms with van der Waals surface area (Å²) in [5.74, 6) is 0. The molecule has 1 unspecified atom stereocenters. The van der Waals surface area contributed by atoms with Gasteiger partial charge in [-0.15, -0.1) is 0 Å². The summed E-state index contributed by atoms with van der Waals surface area (Å²) in [5, 5.41) is 14.9. The molecule has 0 aromatic heterocycles. The van der Waals surface area contributed by atoms with Gasteiger partial charge in [0.25, 0.3) is 0 Å². The Bertz CT molecular complexity index is 695. The highest BCUT2D eigenvalue weighted by Gasteiger charge is 2.10. The fourth-order valence-electron chi connectivity index (χ4n) is 2.92. The van der Waals surface area contributed by atoms with Gasteiger partial charge in [-0.05, 0) is 46.5 Å². The van der Waals surface area contributed by atoms with Gasteiger partial charge in [0.1, 0.15) is 0 Å². The van der Waals surface area contributed by atoms with Crippen LogP contribution in [-0.4, -0.2) is 18.0 Å². The van der Waals surface area contributed by atoms with E-state index in [9.17, 15) is 5.11 Å². The molecular weight excluding hydrogens is 260 g/mol. The molecule has 0 aliphatic rings. The Labute approximate surface area is 125 Å². The lowest BCUT2D eigenvalue weighted by atomic mass is 9.94. The van der Waals surface area contributed by atoms with Crippen LogP contribution in [0.2, 0.25) is 0 Å². The fourth-order valence-corrected chi connectivity index (χ4v) is 2.92. The second kappa shape index (κ2) is 6.25. The molecule has 1 atom stereocenters. The van der Waals surface area contributed by atoms with Gasteiger partial charge in [-0.25, -0.2) is 0 Å². The van der Waals surface area contributed by atoms with Crippen molar-refractivity contribution < 1.29 is 9.84 Å². The van der Waals surface area contributed by atoms with E-state index in [1.807, 2.05) is 6.92 Å². The number of aliphatic hydroxyl groups is 1. The van der Waals surface area contributed by atoms with Crippen LogP contribution in [0.25, 0.3) is 21.5 Å². The van der Waals surface area contributed by atoms with E-state index in [0.29, 0.717) is 13.0 Å². The molecule has 2 nitrogen and oxygen atoms in total. The third kappa shape index (κ3) is 2.92. The highest BCUT2D eigenvalue weighted by atomic mass is 16.6. The van der Waals surface area contributed by atoms with E-state index in [-0.39, 0.29) is 0 Å². The quantitative estimate of drug-likeness (QED) is 0.558. The Kier molecular flexibility index (Phi) is 4.18. The molecule has 1 N–H and O–H groups in total. The van der Waals surface area contributed by atoms with Crippen molar-refractivity contribution in [3.05, 3.63) is 60.2 Å². The van der Waals surface area contributed by atoms with Gasteiger partial charge in [0, 0.05) is 13.0 Å². The van der Waals surface area contributed by atoms with E-state index in [1.165, 1.54) is 27.1 Å². The van der Waals surface area contributed by atoms with Gasteiger partial charge in [0.05, 0.1) is 0 Å². The highest BCUT2D eigenvalue weighted by molar-refractivity contribution is 6.02. The molecule has 0 aliphatic heterocycles. The van der Waals surface area contributed by atoms with Crippen LogP contribution >= 0.6 is 0 Å². The second-order valence-electron chi connectivity index (χ2n) is 5.25. The number of hydrogen-bond donors (Lipinski definition) is 1. The molecule has 0 fully saturated rings. The van der Waals surface area contributed by atoms with Gasteiger partial charge in [-0.3, -0.25) is 0 Å². The zero-order valence-corrected chi connectivity index (χ0v) is 12.3. The molecule has 0 saturated carbocycles. The summed E-state index contributed by atoms with van der Waals surface area (Å²) in [7, 11) is 0. The normalized spacial score (nSPS) is 12.9. The Morgan fingerprint density at radius 1 is 0.952 bits per heavy atom. The zero-order chi connectivity index (χ0) is 14.7. The van der Waals surface area contributed by atoms with Crippen LogP contribution in [0.5, 0.6) is 0 Å². The summed E-state index contributed by atoms with van der Waals surface area (Å²) < 4.78 is 5.24. The summed E-state index contributed by atoms with van der Waals surface area (Å²) >= 11 is 0. The summed E-state index contributed by atoms with van der Waals surface area (Å²) in [5.41, 5.74) is 1.29. The molecule has 0 aliphatic carbocycles. The minimum atomic E-state index is -0.687. The van der Waals surface area contributed by atoms with E-state index in [4.69, 9.17) is 4.74 Å².